The Morgan fingerprint density at radius 2 is 1.77 bits per heavy atom. The molecule has 2 aromatic rings. The van der Waals surface area contributed by atoms with Crippen molar-refractivity contribution in [2.24, 2.45) is 0 Å². The van der Waals surface area contributed by atoms with Crippen molar-refractivity contribution in [3.63, 3.8) is 0 Å². The molecule has 1 atom stereocenters. The minimum Gasteiger partial charge on any atom is -0.481 e. The summed E-state index contributed by atoms with van der Waals surface area (Å²) in [6, 6.07) is 15.6. The molecule has 0 aliphatic heterocycles. The van der Waals surface area contributed by atoms with E-state index >= 15 is 0 Å². The molecular weight excluding hydrogens is 330 g/mol. The van der Waals surface area contributed by atoms with Crippen LogP contribution in [-0.2, 0) is 4.79 Å². The van der Waals surface area contributed by atoms with Gasteiger partial charge in [-0.1, -0.05) is 0 Å². The molecule has 6 nitrogen and oxygen atoms in total. The van der Waals surface area contributed by atoms with Crippen molar-refractivity contribution in [3.05, 3.63) is 59.7 Å². The van der Waals surface area contributed by atoms with Crippen LogP contribution in [0.5, 0.6) is 5.75 Å². The van der Waals surface area contributed by atoms with Gasteiger partial charge in [0.2, 0.25) is 0 Å². The second-order valence-electron chi connectivity index (χ2n) is 6.21. The lowest BCUT2D eigenvalue weighted by Crippen LogP contribution is -2.30. The summed E-state index contributed by atoms with van der Waals surface area (Å²) in [5.74, 6) is 0.117. The molecule has 2 amide bonds. The number of nitrogens with zero attached hydrogens (tertiary/aromatic N) is 1. The summed E-state index contributed by atoms with van der Waals surface area (Å²) in [5.41, 5.74) is 1.69. The second-order valence-corrected chi connectivity index (χ2v) is 6.21. The van der Waals surface area contributed by atoms with Gasteiger partial charge in [-0.05, 0) is 68.3 Å². The molecule has 26 heavy (non-hydrogen) atoms. The van der Waals surface area contributed by atoms with Crippen molar-refractivity contribution in [3.8, 4) is 11.8 Å². The van der Waals surface area contributed by atoms with Gasteiger partial charge in [-0.2, -0.15) is 5.26 Å². The molecule has 132 valence electrons. The molecule has 2 aromatic carbocycles. The van der Waals surface area contributed by atoms with Gasteiger partial charge in [0, 0.05) is 17.3 Å². The molecule has 2 N–H and O–H groups in total. The smallest absolute Gasteiger partial charge is 0.265 e. The summed E-state index contributed by atoms with van der Waals surface area (Å²) >= 11 is 0. The zero-order valence-electron chi connectivity index (χ0n) is 14.4. The average molecular weight is 349 g/mol. The van der Waals surface area contributed by atoms with E-state index in [0.29, 0.717) is 28.6 Å². The third-order valence-electron chi connectivity index (χ3n) is 3.99. The molecule has 0 spiro atoms. The van der Waals surface area contributed by atoms with E-state index < -0.39 is 6.10 Å². The molecule has 1 saturated carbocycles. The number of carbonyl (C=O) groups is 2. The summed E-state index contributed by atoms with van der Waals surface area (Å²) in [6.45, 7) is 1.64. The number of ether oxygens (including phenoxy) is 1. The summed E-state index contributed by atoms with van der Waals surface area (Å²) < 4.78 is 5.57. The van der Waals surface area contributed by atoms with Gasteiger partial charge in [0.1, 0.15) is 5.75 Å². The first-order valence-corrected chi connectivity index (χ1v) is 8.44. The molecule has 0 saturated heterocycles. The lowest BCUT2D eigenvalue weighted by atomic mass is 10.2. The predicted molar refractivity (Wildman–Crippen MR) is 96.8 cm³/mol. The van der Waals surface area contributed by atoms with E-state index in [4.69, 9.17) is 10.00 Å². The fourth-order valence-corrected chi connectivity index (χ4v) is 2.31. The number of nitriles is 1. The highest BCUT2D eigenvalue weighted by Gasteiger charge is 2.23. The van der Waals surface area contributed by atoms with E-state index in [-0.39, 0.29) is 11.8 Å². The Morgan fingerprint density at radius 1 is 1.12 bits per heavy atom. The molecule has 0 aromatic heterocycles. The van der Waals surface area contributed by atoms with Gasteiger partial charge < -0.3 is 15.4 Å². The highest BCUT2D eigenvalue weighted by atomic mass is 16.5. The number of anilines is 1. The highest BCUT2D eigenvalue weighted by Crippen LogP contribution is 2.20. The van der Waals surface area contributed by atoms with Crippen molar-refractivity contribution < 1.29 is 14.3 Å². The maximum atomic E-state index is 12.2. The number of amides is 2. The molecule has 3 rings (SSSR count). The number of rotatable bonds is 6. The van der Waals surface area contributed by atoms with E-state index in [2.05, 4.69) is 10.6 Å². The Bertz CT molecular complexity index is 834. The van der Waals surface area contributed by atoms with Crippen LogP contribution in [0.15, 0.2) is 48.5 Å². The first-order valence-electron chi connectivity index (χ1n) is 8.44. The first-order chi connectivity index (χ1) is 12.5. The highest BCUT2D eigenvalue weighted by molar-refractivity contribution is 5.97. The molecule has 0 bridgehead atoms. The van der Waals surface area contributed by atoms with Crippen molar-refractivity contribution in [1.82, 2.24) is 5.32 Å². The van der Waals surface area contributed by atoms with E-state index in [9.17, 15) is 9.59 Å². The van der Waals surface area contributed by atoms with Gasteiger partial charge in [-0.3, -0.25) is 9.59 Å². The Labute approximate surface area is 151 Å². The minimum atomic E-state index is -0.708. The van der Waals surface area contributed by atoms with Gasteiger partial charge in [-0.25, -0.2) is 0 Å². The minimum absolute atomic E-state index is 0.0945. The topological polar surface area (TPSA) is 91.2 Å². The van der Waals surface area contributed by atoms with Gasteiger partial charge >= 0.3 is 0 Å². The molecule has 1 aliphatic carbocycles. The van der Waals surface area contributed by atoms with Crippen LogP contribution >= 0.6 is 0 Å². The van der Waals surface area contributed by atoms with E-state index in [1.807, 2.05) is 6.07 Å². The molecule has 1 aliphatic rings. The Balaban J connectivity index is 1.54. The fourth-order valence-electron chi connectivity index (χ4n) is 2.31. The van der Waals surface area contributed by atoms with E-state index in [1.165, 1.54) is 0 Å². The van der Waals surface area contributed by atoms with Crippen LogP contribution < -0.4 is 15.4 Å². The monoisotopic (exact) mass is 349 g/mol. The van der Waals surface area contributed by atoms with Crippen LogP contribution in [0.1, 0.15) is 35.7 Å². The van der Waals surface area contributed by atoms with Gasteiger partial charge in [0.05, 0.1) is 11.6 Å². The molecule has 0 unspecified atom stereocenters. The quantitative estimate of drug-likeness (QED) is 0.839. The van der Waals surface area contributed by atoms with Crippen LogP contribution in [0.2, 0.25) is 0 Å². The summed E-state index contributed by atoms with van der Waals surface area (Å²) in [4.78, 5) is 24.2. The van der Waals surface area contributed by atoms with Crippen molar-refractivity contribution in [1.29, 1.82) is 5.26 Å². The van der Waals surface area contributed by atoms with Crippen LogP contribution in [0.25, 0.3) is 0 Å². The number of benzene rings is 2. The fraction of sp³-hybridized carbons (Fsp3) is 0.250. The maximum absolute atomic E-state index is 12.2. The SMILES string of the molecule is C[C@@H](Oc1ccc(C#N)cc1)C(=O)Nc1ccc(C(=O)NC2CC2)cc1. The number of nitrogens with one attached hydrogen (secondary N) is 2. The van der Waals surface area contributed by atoms with Gasteiger partial charge in [0.15, 0.2) is 6.10 Å². The van der Waals surface area contributed by atoms with Crippen LogP contribution in [0, 0.1) is 11.3 Å². The molecule has 6 heteroatoms. The Kier molecular flexibility index (Phi) is 5.18. The lowest BCUT2D eigenvalue weighted by Gasteiger charge is -2.15. The van der Waals surface area contributed by atoms with Crippen LogP contribution in [-0.4, -0.2) is 24.0 Å². The molecular formula is C20H19N3O3. The number of carbonyl (C=O) groups excluding carboxylic acids is 2. The standard InChI is InChI=1S/C20H19N3O3/c1-13(26-18-10-2-14(12-21)3-11-18)19(24)22-16-6-4-15(5-7-16)20(25)23-17-8-9-17/h2-7,10-11,13,17H,8-9H2,1H3,(H,22,24)(H,23,25)/t13-/m1/s1. The second kappa shape index (κ2) is 7.70. The maximum Gasteiger partial charge on any atom is 0.265 e. The lowest BCUT2D eigenvalue weighted by molar-refractivity contribution is -0.122. The van der Waals surface area contributed by atoms with E-state index in [1.54, 1.807) is 55.5 Å². The van der Waals surface area contributed by atoms with Gasteiger partial charge in [0.25, 0.3) is 11.8 Å². The largest absolute Gasteiger partial charge is 0.481 e. The Morgan fingerprint density at radius 3 is 2.35 bits per heavy atom. The molecule has 0 radical (unpaired) electrons. The third-order valence-corrected chi connectivity index (χ3v) is 3.99. The summed E-state index contributed by atoms with van der Waals surface area (Å²) in [6.07, 6.45) is 1.37. The molecule has 0 heterocycles. The summed E-state index contributed by atoms with van der Waals surface area (Å²) in [7, 11) is 0. The molecule has 1 fully saturated rings. The van der Waals surface area contributed by atoms with Crippen molar-refractivity contribution in [2.75, 3.05) is 5.32 Å². The van der Waals surface area contributed by atoms with E-state index in [0.717, 1.165) is 12.8 Å². The van der Waals surface area contributed by atoms with Crippen LogP contribution in [0.3, 0.4) is 0 Å². The zero-order chi connectivity index (χ0) is 18.5. The third kappa shape index (κ3) is 4.61. The normalized spacial score (nSPS) is 14.0. The Hall–Kier alpha value is -3.33. The average Bonchev–Trinajstić information content (AvgIpc) is 3.46. The number of hydrogen-bond acceptors (Lipinski definition) is 4. The van der Waals surface area contributed by atoms with Crippen molar-refractivity contribution >= 4 is 17.5 Å². The zero-order valence-corrected chi connectivity index (χ0v) is 14.4. The number of hydrogen-bond donors (Lipinski definition) is 2. The summed E-state index contributed by atoms with van der Waals surface area (Å²) in [5, 5.41) is 14.5. The van der Waals surface area contributed by atoms with Crippen molar-refractivity contribution in [2.45, 2.75) is 31.9 Å². The van der Waals surface area contributed by atoms with Crippen LogP contribution in [0.4, 0.5) is 5.69 Å². The first kappa shape index (κ1) is 17.5. The predicted octanol–water partition coefficient (Wildman–Crippen LogP) is 2.86. The van der Waals surface area contributed by atoms with Gasteiger partial charge in [-0.15, -0.1) is 0 Å².